The number of rotatable bonds is 3. The Morgan fingerprint density at radius 2 is 2.26 bits per heavy atom. The highest BCUT2D eigenvalue weighted by atomic mass is 16.2. The molecule has 1 fully saturated rings. The molecule has 0 radical (unpaired) electrons. The summed E-state index contributed by atoms with van der Waals surface area (Å²) in [6, 6.07) is 5.48. The monoisotopic (exact) mass is 259 g/mol. The second-order valence-corrected chi connectivity index (χ2v) is 4.50. The number of carbonyl (C=O) groups excluding carboxylic acids is 1. The van der Waals surface area contributed by atoms with E-state index >= 15 is 0 Å². The molecule has 0 bridgehead atoms. The lowest BCUT2D eigenvalue weighted by Crippen LogP contribution is -2.49. The van der Waals surface area contributed by atoms with Crippen LogP contribution < -0.4 is 10.2 Å². The van der Waals surface area contributed by atoms with Crippen LogP contribution in [0.2, 0.25) is 0 Å². The average Bonchev–Trinajstić information content (AvgIpc) is 2.48. The van der Waals surface area contributed by atoms with Crippen molar-refractivity contribution >= 4 is 11.7 Å². The molecule has 0 spiro atoms. The lowest BCUT2D eigenvalue weighted by Gasteiger charge is -2.29. The molecule has 1 aromatic heterocycles. The van der Waals surface area contributed by atoms with E-state index in [4.69, 9.17) is 5.26 Å². The van der Waals surface area contributed by atoms with E-state index in [0.717, 1.165) is 26.2 Å². The van der Waals surface area contributed by atoms with Crippen molar-refractivity contribution in [3.63, 3.8) is 0 Å². The summed E-state index contributed by atoms with van der Waals surface area (Å²) in [4.78, 5) is 19.9. The highest BCUT2D eigenvalue weighted by Crippen LogP contribution is 2.09. The number of piperazine rings is 1. The van der Waals surface area contributed by atoms with Gasteiger partial charge in [-0.25, -0.2) is 4.98 Å². The van der Waals surface area contributed by atoms with Crippen LogP contribution >= 0.6 is 0 Å². The minimum absolute atomic E-state index is 0.107. The van der Waals surface area contributed by atoms with Gasteiger partial charge in [-0.1, -0.05) is 0 Å². The topological polar surface area (TPSA) is 72.3 Å². The van der Waals surface area contributed by atoms with Gasteiger partial charge in [0.15, 0.2) is 0 Å². The number of carbonyl (C=O) groups is 1. The van der Waals surface area contributed by atoms with Crippen LogP contribution in [0.1, 0.15) is 5.56 Å². The number of hydrogen-bond acceptors (Lipinski definition) is 5. The van der Waals surface area contributed by atoms with Crippen LogP contribution in [0, 0.1) is 11.3 Å². The first-order chi connectivity index (χ1) is 9.20. The van der Waals surface area contributed by atoms with Crippen LogP contribution in [0.25, 0.3) is 0 Å². The molecule has 0 aliphatic carbocycles. The molecule has 1 aliphatic heterocycles. The van der Waals surface area contributed by atoms with Gasteiger partial charge in [0, 0.05) is 39.4 Å². The highest BCUT2D eigenvalue weighted by molar-refractivity contribution is 5.81. The van der Waals surface area contributed by atoms with E-state index in [1.165, 1.54) is 6.20 Å². The Bertz CT molecular complexity index is 473. The molecule has 2 heterocycles. The first kappa shape index (κ1) is 13.3. The number of pyridine rings is 1. The Labute approximate surface area is 112 Å². The van der Waals surface area contributed by atoms with Crippen LogP contribution in [0.5, 0.6) is 0 Å². The molecule has 1 amide bonds. The van der Waals surface area contributed by atoms with Crippen molar-refractivity contribution in [2.45, 2.75) is 0 Å². The number of nitrogens with zero attached hydrogens (tertiary/aromatic N) is 4. The van der Waals surface area contributed by atoms with Crippen LogP contribution in [-0.2, 0) is 4.79 Å². The van der Waals surface area contributed by atoms with E-state index in [2.05, 4.69) is 10.3 Å². The van der Waals surface area contributed by atoms with Crippen LogP contribution in [0.4, 0.5) is 5.82 Å². The van der Waals surface area contributed by atoms with Gasteiger partial charge in [-0.15, -0.1) is 0 Å². The first-order valence-corrected chi connectivity index (χ1v) is 6.26. The van der Waals surface area contributed by atoms with Gasteiger partial charge in [0.05, 0.1) is 12.1 Å². The molecule has 6 nitrogen and oxygen atoms in total. The zero-order chi connectivity index (χ0) is 13.7. The molecule has 0 atom stereocenters. The fraction of sp³-hybridized carbons (Fsp3) is 0.462. The molecule has 2 rings (SSSR count). The quantitative estimate of drug-likeness (QED) is 0.815. The summed E-state index contributed by atoms with van der Waals surface area (Å²) in [7, 11) is 1.83. The number of nitriles is 1. The van der Waals surface area contributed by atoms with Crippen molar-refractivity contribution in [1.82, 2.24) is 15.2 Å². The van der Waals surface area contributed by atoms with E-state index < -0.39 is 0 Å². The lowest BCUT2D eigenvalue weighted by atomic mass is 10.3. The van der Waals surface area contributed by atoms with Gasteiger partial charge in [0.1, 0.15) is 11.9 Å². The summed E-state index contributed by atoms with van der Waals surface area (Å²) in [5.41, 5.74) is 0.519. The molecule has 1 aromatic rings. The number of anilines is 1. The zero-order valence-electron chi connectivity index (χ0n) is 11.0. The molecule has 100 valence electrons. The van der Waals surface area contributed by atoms with E-state index in [0.29, 0.717) is 17.9 Å². The molecule has 1 N–H and O–H groups in total. The van der Waals surface area contributed by atoms with Crippen LogP contribution in [0.15, 0.2) is 18.3 Å². The number of aromatic nitrogens is 1. The van der Waals surface area contributed by atoms with Crippen LogP contribution in [0.3, 0.4) is 0 Å². The highest BCUT2D eigenvalue weighted by Gasteiger charge is 2.18. The van der Waals surface area contributed by atoms with Gasteiger partial charge in [-0.2, -0.15) is 5.26 Å². The largest absolute Gasteiger partial charge is 0.350 e. The molecular formula is C13H17N5O. The second-order valence-electron chi connectivity index (χ2n) is 4.50. The minimum Gasteiger partial charge on any atom is -0.350 e. The maximum Gasteiger partial charge on any atom is 0.242 e. The first-order valence-electron chi connectivity index (χ1n) is 6.26. The third-order valence-corrected chi connectivity index (χ3v) is 3.11. The summed E-state index contributed by atoms with van der Waals surface area (Å²) in [5.74, 6) is 0.803. The summed E-state index contributed by atoms with van der Waals surface area (Å²) in [5, 5.41) is 11.9. The van der Waals surface area contributed by atoms with Crippen molar-refractivity contribution < 1.29 is 4.79 Å². The molecule has 19 heavy (non-hydrogen) atoms. The lowest BCUT2D eigenvalue weighted by molar-refractivity contribution is -0.130. The van der Waals surface area contributed by atoms with Gasteiger partial charge in [-0.05, 0) is 12.1 Å². The Hall–Kier alpha value is -2.13. The molecular weight excluding hydrogens is 242 g/mol. The standard InChI is InChI=1S/C13H17N5O/c1-17(12-3-2-11(8-14)9-16-12)10-13(19)18-6-4-15-5-7-18/h2-3,9,15H,4-7,10H2,1H3. The van der Waals surface area contributed by atoms with Gasteiger partial charge in [0.2, 0.25) is 5.91 Å². The molecule has 0 aromatic carbocycles. The van der Waals surface area contributed by atoms with E-state index in [-0.39, 0.29) is 5.91 Å². The summed E-state index contributed by atoms with van der Waals surface area (Å²) in [6.07, 6.45) is 1.52. The third-order valence-electron chi connectivity index (χ3n) is 3.11. The Morgan fingerprint density at radius 1 is 1.53 bits per heavy atom. The molecule has 1 aliphatic rings. The summed E-state index contributed by atoms with van der Waals surface area (Å²) in [6.45, 7) is 3.52. The van der Waals surface area contributed by atoms with Crippen molar-refractivity contribution in [2.24, 2.45) is 0 Å². The molecule has 0 saturated carbocycles. The maximum atomic E-state index is 12.1. The predicted molar refractivity (Wildman–Crippen MR) is 71.7 cm³/mol. The molecule has 0 unspecified atom stereocenters. The predicted octanol–water partition coefficient (Wildman–Crippen LogP) is -0.179. The number of nitrogens with one attached hydrogen (secondary N) is 1. The molecule has 6 heteroatoms. The Balaban J connectivity index is 1.93. The average molecular weight is 259 g/mol. The Kier molecular flexibility index (Phi) is 4.31. The van der Waals surface area contributed by atoms with Crippen molar-refractivity contribution in [3.05, 3.63) is 23.9 Å². The van der Waals surface area contributed by atoms with Gasteiger partial charge in [-0.3, -0.25) is 4.79 Å². The number of likely N-dealkylation sites (N-methyl/N-ethyl adjacent to an activating group) is 1. The Morgan fingerprint density at radius 3 is 2.84 bits per heavy atom. The number of hydrogen-bond donors (Lipinski definition) is 1. The zero-order valence-corrected chi connectivity index (χ0v) is 11.0. The van der Waals surface area contributed by atoms with Gasteiger partial charge in [0.25, 0.3) is 0 Å². The van der Waals surface area contributed by atoms with Gasteiger partial charge < -0.3 is 15.1 Å². The second kappa shape index (κ2) is 6.16. The van der Waals surface area contributed by atoms with Crippen molar-refractivity contribution in [1.29, 1.82) is 5.26 Å². The van der Waals surface area contributed by atoms with Gasteiger partial charge >= 0.3 is 0 Å². The smallest absolute Gasteiger partial charge is 0.242 e. The van der Waals surface area contributed by atoms with E-state index in [1.54, 1.807) is 17.0 Å². The fourth-order valence-electron chi connectivity index (χ4n) is 1.98. The third kappa shape index (κ3) is 3.42. The van der Waals surface area contributed by atoms with Crippen molar-refractivity contribution in [3.8, 4) is 6.07 Å². The summed E-state index contributed by atoms with van der Waals surface area (Å²) >= 11 is 0. The fourth-order valence-corrected chi connectivity index (χ4v) is 1.98. The molecule has 1 saturated heterocycles. The van der Waals surface area contributed by atoms with E-state index in [1.807, 2.05) is 18.0 Å². The summed E-state index contributed by atoms with van der Waals surface area (Å²) < 4.78 is 0. The minimum atomic E-state index is 0.107. The van der Waals surface area contributed by atoms with Crippen LogP contribution in [-0.4, -0.2) is 55.6 Å². The SMILES string of the molecule is CN(CC(=O)N1CCNCC1)c1ccc(C#N)cn1. The van der Waals surface area contributed by atoms with Crippen molar-refractivity contribution in [2.75, 3.05) is 44.7 Å². The normalized spacial score (nSPS) is 14.8. The van der Waals surface area contributed by atoms with E-state index in [9.17, 15) is 4.79 Å². The number of amides is 1. The maximum absolute atomic E-state index is 12.1.